The maximum atomic E-state index is 13.1. The topological polar surface area (TPSA) is 61.8 Å². The number of hydrogen-bond donors (Lipinski definition) is 0. The van der Waals surface area contributed by atoms with Crippen LogP contribution >= 0.6 is 0 Å². The number of benzene rings is 1. The van der Waals surface area contributed by atoms with Crippen molar-refractivity contribution in [3.8, 4) is 11.5 Å². The predicted octanol–water partition coefficient (Wildman–Crippen LogP) is 7.57. The van der Waals surface area contributed by atoms with Crippen LogP contribution in [-0.4, -0.2) is 25.7 Å². The van der Waals surface area contributed by atoms with Gasteiger partial charge in [-0.15, -0.1) is 0 Å². The number of unbranched alkanes of at least 4 members (excludes halogenated alkanes) is 10. The fraction of sp³-hybridized carbons (Fsp3) is 0.714. The van der Waals surface area contributed by atoms with Gasteiger partial charge >= 0.3 is 11.9 Å². The normalized spacial score (nSPS) is 11.3. The summed E-state index contributed by atoms with van der Waals surface area (Å²) in [5.74, 6) is -0.284. The van der Waals surface area contributed by atoms with Gasteiger partial charge in [0.2, 0.25) is 0 Å². The van der Waals surface area contributed by atoms with Crippen molar-refractivity contribution in [3.05, 3.63) is 23.8 Å². The van der Waals surface area contributed by atoms with Gasteiger partial charge in [-0.2, -0.15) is 0 Å². The zero-order valence-corrected chi connectivity index (χ0v) is 21.7. The van der Waals surface area contributed by atoms with Gasteiger partial charge in [-0.05, 0) is 43.9 Å². The molecule has 0 aromatic heterocycles. The van der Waals surface area contributed by atoms with Crippen molar-refractivity contribution in [2.75, 3.05) is 13.7 Å². The van der Waals surface area contributed by atoms with Crippen LogP contribution < -0.4 is 9.47 Å². The first-order valence-electron chi connectivity index (χ1n) is 13.0. The summed E-state index contributed by atoms with van der Waals surface area (Å²) in [7, 11) is 1.52. The Kier molecular flexibility index (Phi) is 14.5. The molecule has 188 valence electrons. The van der Waals surface area contributed by atoms with Crippen LogP contribution in [0.2, 0.25) is 0 Å². The highest BCUT2D eigenvalue weighted by molar-refractivity contribution is 6.00. The minimum absolute atomic E-state index is 0.326. The van der Waals surface area contributed by atoms with Gasteiger partial charge in [-0.25, -0.2) is 0 Å². The number of hydrogen-bond acceptors (Lipinski definition) is 5. The summed E-state index contributed by atoms with van der Waals surface area (Å²) >= 11 is 0. The molecule has 0 N–H and O–H groups in total. The summed E-state index contributed by atoms with van der Waals surface area (Å²) in [4.78, 5) is 26.0. The Hall–Kier alpha value is -2.04. The molecule has 0 bridgehead atoms. The first-order valence-corrected chi connectivity index (χ1v) is 13.0. The lowest BCUT2D eigenvalue weighted by molar-refractivity contribution is -0.168. The highest BCUT2D eigenvalue weighted by atomic mass is 16.6. The van der Waals surface area contributed by atoms with Crippen molar-refractivity contribution in [1.29, 1.82) is 0 Å². The summed E-state index contributed by atoms with van der Waals surface area (Å²) < 4.78 is 16.5. The molecule has 0 saturated carbocycles. The van der Waals surface area contributed by atoms with Crippen molar-refractivity contribution >= 4 is 11.9 Å². The molecule has 0 saturated heterocycles. The van der Waals surface area contributed by atoms with Crippen LogP contribution in [0.3, 0.4) is 0 Å². The van der Waals surface area contributed by atoms with Crippen molar-refractivity contribution < 1.29 is 23.8 Å². The molecule has 0 amide bonds. The highest BCUT2D eigenvalue weighted by Crippen LogP contribution is 2.34. The van der Waals surface area contributed by atoms with Gasteiger partial charge in [0, 0.05) is 0 Å². The summed E-state index contributed by atoms with van der Waals surface area (Å²) in [6.07, 6.45) is 14.3. The first kappa shape index (κ1) is 29.0. The van der Waals surface area contributed by atoms with Gasteiger partial charge in [0.05, 0.1) is 13.7 Å². The maximum absolute atomic E-state index is 13.1. The zero-order chi connectivity index (χ0) is 24.5. The second kappa shape index (κ2) is 16.6. The van der Waals surface area contributed by atoms with Gasteiger partial charge < -0.3 is 14.2 Å². The molecule has 0 heterocycles. The van der Waals surface area contributed by atoms with Gasteiger partial charge in [-0.1, -0.05) is 91.0 Å². The largest absolute Gasteiger partial charge is 0.493 e. The Bertz CT molecular complexity index is 694. The van der Waals surface area contributed by atoms with Crippen LogP contribution in [0, 0.1) is 12.3 Å². The third-order valence-corrected chi connectivity index (χ3v) is 6.49. The number of rotatable bonds is 18. The highest BCUT2D eigenvalue weighted by Gasteiger charge is 2.46. The SMILES string of the molecule is CCCCCCCCCCCCCOC(=O)C(CC)(CC)C(=O)Oc1cc(C)ccc1OC. The van der Waals surface area contributed by atoms with Crippen LogP contribution in [0.1, 0.15) is 110 Å². The average molecular weight is 463 g/mol. The van der Waals surface area contributed by atoms with E-state index in [0.29, 0.717) is 30.9 Å². The molecule has 0 fully saturated rings. The monoisotopic (exact) mass is 462 g/mol. The van der Waals surface area contributed by atoms with E-state index in [1.54, 1.807) is 12.1 Å². The van der Waals surface area contributed by atoms with E-state index in [1.165, 1.54) is 58.5 Å². The van der Waals surface area contributed by atoms with E-state index in [1.807, 2.05) is 26.8 Å². The average Bonchev–Trinajstić information content (AvgIpc) is 2.81. The van der Waals surface area contributed by atoms with Crippen molar-refractivity contribution in [1.82, 2.24) is 0 Å². The molecule has 0 aliphatic rings. The Morgan fingerprint density at radius 2 is 1.30 bits per heavy atom. The molecule has 0 aliphatic heterocycles. The van der Waals surface area contributed by atoms with Crippen molar-refractivity contribution in [2.45, 2.75) is 111 Å². The van der Waals surface area contributed by atoms with Crippen molar-refractivity contribution in [3.63, 3.8) is 0 Å². The van der Waals surface area contributed by atoms with E-state index in [0.717, 1.165) is 24.8 Å². The smallest absolute Gasteiger partial charge is 0.328 e. The van der Waals surface area contributed by atoms with E-state index >= 15 is 0 Å². The number of carbonyl (C=O) groups excluding carboxylic acids is 2. The van der Waals surface area contributed by atoms with Crippen molar-refractivity contribution in [2.24, 2.45) is 5.41 Å². The molecular formula is C28H46O5. The molecule has 0 spiro atoms. The van der Waals surface area contributed by atoms with E-state index in [-0.39, 0.29) is 0 Å². The molecule has 0 radical (unpaired) electrons. The van der Waals surface area contributed by atoms with Crippen LogP contribution in [-0.2, 0) is 14.3 Å². The lowest BCUT2D eigenvalue weighted by atomic mass is 9.82. The summed E-state index contributed by atoms with van der Waals surface area (Å²) in [6.45, 7) is 8.14. The Labute approximate surface area is 201 Å². The quantitative estimate of drug-likeness (QED) is 0.0974. The maximum Gasteiger partial charge on any atom is 0.328 e. The van der Waals surface area contributed by atoms with Gasteiger partial charge in [0.15, 0.2) is 16.9 Å². The van der Waals surface area contributed by atoms with E-state index in [2.05, 4.69) is 6.92 Å². The molecule has 33 heavy (non-hydrogen) atoms. The lowest BCUT2D eigenvalue weighted by Crippen LogP contribution is -2.42. The lowest BCUT2D eigenvalue weighted by Gasteiger charge is -2.27. The second-order valence-corrected chi connectivity index (χ2v) is 9.00. The number of ether oxygens (including phenoxy) is 3. The fourth-order valence-electron chi connectivity index (χ4n) is 4.04. The molecule has 0 aliphatic carbocycles. The molecule has 5 heteroatoms. The minimum atomic E-state index is -1.30. The molecule has 0 atom stereocenters. The van der Waals surface area contributed by atoms with Gasteiger partial charge in [0.25, 0.3) is 0 Å². The Balaban J connectivity index is 2.43. The Morgan fingerprint density at radius 3 is 1.82 bits per heavy atom. The van der Waals surface area contributed by atoms with Gasteiger partial charge in [0.1, 0.15) is 0 Å². The van der Waals surface area contributed by atoms with Crippen LogP contribution in [0.5, 0.6) is 11.5 Å². The summed E-state index contributed by atoms with van der Waals surface area (Å²) in [5, 5.41) is 0. The third-order valence-electron chi connectivity index (χ3n) is 6.49. The van der Waals surface area contributed by atoms with Crippen LogP contribution in [0.25, 0.3) is 0 Å². The van der Waals surface area contributed by atoms with Crippen LogP contribution in [0.15, 0.2) is 18.2 Å². The third kappa shape index (κ3) is 9.77. The standard InChI is InChI=1S/C28H46O5/c1-6-9-10-11-12-13-14-15-16-17-18-21-32-26(29)28(7-2,8-3)27(30)33-25-22-23(4)19-20-24(25)31-5/h19-20,22H,6-18,21H2,1-5H3. The van der Waals surface area contributed by atoms with E-state index in [4.69, 9.17) is 14.2 Å². The molecule has 5 nitrogen and oxygen atoms in total. The summed E-state index contributed by atoms with van der Waals surface area (Å²) in [5.41, 5.74) is -0.358. The molecule has 0 unspecified atom stereocenters. The minimum Gasteiger partial charge on any atom is -0.493 e. The number of esters is 2. The molecular weight excluding hydrogens is 416 g/mol. The molecule has 1 aromatic rings. The second-order valence-electron chi connectivity index (χ2n) is 9.00. The van der Waals surface area contributed by atoms with E-state index < -0.39 is 17.4 Å². The number of aryl methyl sites for hydroxylation is 1. The van der Waals surface area contributed by atoms with Crippen LogP contribution in [0.4, 0.5) is 0 Å². The summed E-state index contributed by atoms with van der Waals surface area (Å²) in [6, 6.07) is 5.37. The number of carbonyl (C=O) groups is 2. The van der Waals surface area contributed by atoms with Gasteiger partial charge in [-0.3, -0.25) is 9.59 Å². The molecule has 1 rings (SSSR count). The first-order chi connectivity index (χ1) is 15.9. The predicted molar refractivity (Wildman–Crippen MR) is 134 cm³/mol. The number of methoxy groups -OCH3 is 1. The Morgan fingerprint density at radius 1 is 0.758 bits per heavy atom. The fourth-order valence-corrected chi connectivity index (χ4v) is 4.04. The van der Waals surface area contributed by atoms with E-state index in [9.17, 15) is 9.59 Å². The zero-order valence-electron chi connectivity index (χ0n) is 21.7. The molecule has 1 aromatic carbocycles.